The fourth-order valence-electron chi connectivity index (χ4n) is 2.79. The van der Waals surface area contributed by atoms with Crippen molar-refractivity contribution >= 4 is 22.6 Å². The van der Waals surface area contributed by atoms with Gasteiger partial charge in [0.25, 0.3) is 10.2 Å². The molecule has 0 aromatic heterocycles. The molecule has 1 aliphatic heterocycles. The molecule has 0 amide bonds. The van der Waals surface area contributed by atoms with Crippen LogP contribution in [0.1, 0.15) is 26.7 Å². The Kier molecular flexibility index (Phi) is 6.25. The smallest absolute Gasteiger partial charge is 0.282 e. The maximum absolute atomic E-state index is 12.6. The lowest BCUT2D eigenvalue weighted by Crippen LogP contribution is -2.55. The third-order valence-electron chi connectivity index (χ3n) is 3.95. The van der Waals surface area contributed by atoms with Crippen LogP contribution in [0.3, 0.4) is 0 Å². The molecule has 0 bridgehead atoms. The molecule has 1 saturated heterocycles. The van der Waals surface area contributed by atoms with Gasteiger partial charge in [0.2, 0.25) is 0 Å². The Morgan fingerprint density at radius 3 is 2.20 bits per heavy atom. The predicted molar refractivity (Wildman–Crippen MR) is 81.1 cm³/mol. The van der Waals surface area contributed by atoms with Crippen molar-refractivity contribution in [3.05, 3.63) is 0 Å². The van der Waals surface area contributed by atoms with Gasteiger partial charge in [-0.15, -0.1) is 12.4 Å². The van der Waals surface area contributed by atoms with Crippen LogP contribution < -0.4 is 5.73 Å². The third kappa shape index (κ3) is 3.84. The Morgan fingerprint density at radius 2 is 1.80 bits per heavy atom. The van der Waals surface area contributed by atoms with Crippen LogP contribution in [-0.4, -0.2) is 62.0 Å². The highest BCUT2D eigenvalue weighted by atomic mass is 35.5. The van der Waals surface area contributed by atoms with Crippen LogP contribution in [0.5, 0.6) is 0 Å². The van der Waals surface area contributed by atoms with Gasteiger partial charge in [0.1, 0.15) is 0 Å². The molecule has 1 heterocycles. The Hall–Kier alpha value is 0.0800. The molecule has 0 aromatic rings. The number of morpholine rings is 1. The minimum atomic E-state index is -3.44. The summed E-state index contributed by atoms with van der Waals surface area (Å²) >= 11 is 0. The molecule has 6 nitrogen and oxygen atoms in total. The summed E-state index contributed by atoms with van der Waals surface area (Å²) in [6.45, 7) is 5.02. The van der Waals surface area contributed by atoms with Gasteiger partial charge in [-0.1, -0.05) is 0 Å². The van der Waals surface area contributed by atoms with Crippen LogP contribution in [0, 0.1) is 5.92 Å². The number of hydrogen-bond acceptors (Lipinski definition) is 4. The van der Waals surface area contributed by atoms with Gasteiger partial charge in [0.15, 0.2) is 0 Å². The number of halogens is 1. The zero-order valence-corrected chi connectivity index (χ0v) is 14.0. The van der Waals surface area contributed by atoms with E-state index in [9.17, 15) is 8.42 Å². The molecule has 2 fully saturated rings. The Bertz CT molecular complexity index is 398. The lowest BCUT2D eigenvalue weighted by molar-refractivity contribution is -0.0456. The molecule has 2 N–H and O–H groups in total. The van der Waals surface area contributed by atoms with Gasteiger partial charge in [0.05, 0.1) is 12.2 Å². The summed E-state index contributed by atoms with van der Waals surface area (Å²) in [6, 6.07) is -0.0709. The van der Waals surface area contributed by atoms with E-state index in [1.165, 1.54) is 8.61 Å². The number of rotatable bonds is 5. The van der Waals surface area contributed by atoms with E-state index >= 15 is 0 Å². The molecule has 120 valence electrons. The SMILES string of the molecule is CC1CN(S(=O)(=O)N(C)C(CN)C2CC2)CC(C)O1.Cl. The zero-order chi connectivity index (χ0) is 14.2. The van der Waals surface area contributed by atoms with Gasteiger partial charge in [-0.05, 0) is 32.6 Å². The second-order valence-electron chi connectivity index (χ2n) is 5.74. The maximum Gasteiger partial charge on any atom is 0.282 e. The second kappa shape index (κ2) is 6.89. The van der Waals surface area contributed by atoms with Crippen molar-refractivity contribution in [3.8, 4) is 0 Å². The first-order chi connectivity index (χ1) is 8.86. The second-order valence-corrected chi connectivity index (χ2v) is 7.73. The van der Waals surface area contributed by atoms with Crippen LogP contribution in [0.25, 0.3) is 0 Å². The summed E-state index contributed by atoms with van der Waals surface area (Å²) in [7, 11) is -1.79. The average Bonchev–Trinajstić information content (AvgIpc) is 3.13. The summed E-state index contributed by atoms with van der Waals surface area (Å²) in [4.78, 5) is 0. The molecule has 20 heavy (non-hydrogen) atoms. The quantitative estimate of drug-likeness (QED) is 0.794. The van der Waals surface area contributed by atoms with Gasteiger partial charge in [0, 0.05) is 32.7 Å². The molecule has 2 aliphatic rings. The van der Waals surface area contributed by atoms with E-state index in [1.54, 1.807) is 7.05 Å². The first-order valence-electron chi connectivity index (χ1n) is 6.95. The van der Waals surface area contributed by atoms with E-state index in [-0.39, 0.29) is 30.7 Å². The minimum Gasteiger partial charge on any atom is -0.373 e. The lowest BCUT2D eigenvalue weighted by Gasteiger charge is -2.38. The van der Waals surface area contributed by atoms with E-state index < -0.39 is 10.2 Å². The van der Waals surface area contributed by atoms with Crippen molar-refractivity contribution in [2.24, 2.45) is 11.7 Å². The van der Waals surface area contributed by atoms with E-state index in [0.717, 1.165) is 12.8 Å². The topological polar surface area (TPSA) is 75.9 Å². The molecule has 0 radical (unpaired) electrons. The number of ether oxygens (including phenoxy) is 1. The van der Waals surface area contributed by atoms with Crippen molar-refractivity contribution in [2.75, 3.05) is 26.7 Å². The highest BCUT2D eigenvalue weighted by Crippen LogP contribution is 2.36. The van der Waals surface area contributed by atoms with Gasteiger partial charge in [-0.3, -0.25) is 0 Å². The largest absolute Gasteiger partial charge is 0.373 e. The lowest BCUT2D eigenvalue weighted by atomic mass is 10.2. The third-order valence-corrected chi connectivity index (χ3v) is 5.90. The number of hydrogen-bond donors (Lipinski definition) is 1. The van der Waals surface area contributed by atoms with E-state index in [4.69, 9.17) is 10.5 Å². The van der Waals surface area contributed by atoms with Crippen LogP contribution in [0.2, 0.25) is 0 Å². The Labute approximate surface area is 128 Å². The Balaban J connectivity index is 0.00000200. The van der Waals surface area contributed by atoms with Crippen LogP contribution in [0.15, 0.2) is 0 Å². The maximum atomic E-state index is 12.6. The number of nitrogens with zero attached hydrogens (tertiary/aromatic N) is 2. The van der Waals surface area contributed by atoms with Crippen molar-refractivity contribution in [3.63, 3.8) is 0 Å². The summed E-state index contributed by atoms with van der Waals surface area (Å²) in [5.41, 5.74) is 5.75. The molecule has 3 atom stereocenters. The fourth-order valence-corrected chi connectivity index (χ4v) is 4.55. The van der Waals surface area contributed by atoms with Crippen LogP contribution in [0.4, 0.5) is 0 Å². The standard InChI is InChI=1S/C12H25N3O3S.ClH/c1-9-7-15(8-10(2)18-9)19(16,17)14(3)12(6-13)11-4-5-11;/h9-12H,4-8,13H2,1-3H3;1H. The molecule has 1 aliphatic carbocycles. The highest BCUT2D eigenvalue weighted by molar-refractivity contribution is 7.86. The molecule has 0 aromatic carbocycles. The highest BCUT2D eigenvalue weighted by Gasteiger charge is 2.41. The van der Waals surface area contributed by atoms with Crippen molar-refractivity contribution in [1.29, 1.82) is 0 Å². The van der Waals surface area contributed by atoms with Gasteiger partial charge < -0.3 is 10.5 Å². The van der Waals surface area contributed by atoms with Gasteiger partial charge in [-0.2, -0.15) is 17.0 Å². The minimum absolute atomic E-state index is 0. The molecule has 1 saturated carbocycles. The Morgan fingerprint density at radius 1 is 1.30 bits per heavy atom. The number of likely N-dealkylation sites (N-methyl/N-ethyl adjacent to an activating group) is 1. The van der Waals surface area contributed by atoms with Crippen molar-refractivity contribution in [1.82, 2.24) is 8.61 Å². The van der Waals surface area contributed by atoms with Crippen LogP contribution >= 0.6 is 12.4 Å². The molecule has 0 spiro atoms. The molecule has 3 unspecified atom stereocenters. The first-order valence-corrected chi connectivity index (χ1v) is 8.34. The monoisotopic (exact) mass is 327 g/mol. The summed E-state index contributed by atoms with van der Waals surface area (Å²) in [5.74, 6) is 0.431. The van der Waals surface area contributed by atoms with Crippen molar-refractivity contribution in [2.45, 2.75) is 44.9 Å². The molecule has 8 heteroatoms. The molecule has 2 rings (SSSR count). The van der Waals surface area contributed by atoms with E-state index in [2.05, 4.69) is 0 Å². The fraction of sp³-hybridized carbons (Fsp3) is 1.00. The average molecular weight is 328 g/mol. The summed E-state index contributed by atoms with van der Waals surface area (Å²) in [6.07, 6.45) is 2.03. The molecular weight excluding hydrogens is 302 g/mol. The number of nitrogens with two attached hydrogens (primary N) is 1. The van der Waals surface area contributed by atoms with Crippen LogP contribution in [-0.2, 0) is 14.9 Å². The van der Waals surface area contributed by atoms with Gasteiger partial charge in [-0.25, -0.2) is 0 Å². The summed E-state index contributed by atoms with van der Waals surface area (Å²) in [5, 5.41) is 0. The zero-order valence-electron chi connectivity index (χ0n) is 12.4. The predicted octanol–water partition coefficient (Wildman–Crippen LogP) is 0.431. The summed E-state index contributed by atoms with van der Waals surface area (Å²) < 4.78 is 33.9. The van der Waals surface area contributed by atoms with Crippen molar-refractivity contribution < 1.29 is 13.2 Å². The molecular formula is C12H26ClN3O3S. The van der Waals surface area contributed by atoms with Gasteiger partial charge >= 0.3 is 0 Å². The first kappa shape index (κ1) is 18.1. The normalized spacial score (nSPS) is 30.1. The van der Waals surface area contributed by atoms with E-state index in [0.29, 0.717) is 25.6 Å². The van der Waals surface area contributed by atoms with E-state index in [1.807, 2.05) is 13.8 Å².